The predicted octanol–water partition coefficient (Wildman–Crippen LogP) is 1.08. The molecular formula is C13H16N6OS. The molecule has 8 heteroatoms. The Bertz CT molecular complexity index is 668. The van der Waals surface area contributed by atoms with Crippen molar-refractivity contribution < 1.29 is 4.79 Å². The maximum atomic E-state index is 12.0. The van der Waals surface area contributed by atoms with E-state index in [1.807, 2.05) is 0 Å². The number of rotatable bonds is 3. The second-order valence-corrected chi connectivity index (χ2v) is 5.56. The standard InChI is InChI=1S/C13H16N6OS/c1-19(2)12(20)7-3-4-8(14)9(5-7)21-13-17-10(15)6-11(16)18-13/h3-6H,14H2,1-2H3,(H4,15,16,17,18). The van der Waals surface area contributed by atoms with Crippen molar-refractivity contribution in [1.29, 1.82) is 0 Å². The molecule has 0 saturated carbocycles. The number of hydrogen-bond donors (Lipinski definition) is 3. The van der Waals surface area contributed by atoms with Crippen LogP contribution in [0.2, 0.25) is 0 Å². The van der Waals surface area contributed by atoms with Crippen molar-refractivity contribution in [2.24, 2.45) is 0 Å². The molecule has 2 rings (SSSR count). The van der Waals surface area contributed by atoms with Gasteiger partial charge in [-0.15, -0.1) is 0 Å². The number of carbonyl (C=O) groups is 1. The largest absolute Gasteiger partial charge is 0.398 e. The first-order valence-electron chi connectivity index (χ1n) is 6.06. The van der Waals surface area contributed by atoms with Crippen molar-refractivity contribution in [1.82, 2.24) is 14.9 Å². The lowest BCUT2D eigenvalue weighted by atomic mass is 10.2. The van der Waals surface area contributed by atoms with Gasteiger partial charge in [-0.1, -0.05) is 0 Å². The maximum absolute atomic E-state index is 12.0. The Labute approximate surface area is 126 Å². The molecule has 0 bridgehead atoms. The van der Waals surface area contributed by atoms with Gasteiger partial charge in [-0.3, -0.25) is 4.79 Å². The summed E-state index contributed by atoms with van der Waals surface area (Å²) >= 11 is 1.21. The van der Waals surface area contributed by atoms with Crippen LogP contribution in [-0.2, 0) is 0 Å². The summed E-state index contributed by atoms with van der Waals surface area (Å²) in [6.45, 7) is 0. The van der Waals surface area contributed by atoms with Gasteiger partial charge >= 0.3 is 0 Å². The Morgan fingerprint density at radius 1 is 1.10 bits per heavy atom. The van der Waals surface area contributed by atoms with E-state index in [2.05, 4.69) is 9.97 Å². The molecule has 0 fully saturated rings. The summed E-state index contributed by atoms with van der Waals surface area (Å²) in [4.78, 5) is 22.3. The average molecular weight is 304 g/mol. The van der Waals surface area contributed by atoms with E-state index in [0.717, 1.165) is 0 Å². The van der Waals surface area contributed by atoms with Crippen LogP contribution in [0, 0.1) is 0 Å². The fraction of sp³-hybridized carbons (Fsp3) is 0.154. The first-order valence-corrected chi connectivity index (χ1v) is 6.87. The number of nitrogens with zero attached hydrogens (tertiary/aromatic N) is 3. The Kier molecular flexibility index (Phi) is 4.18. The summed E-state index contributed by atoms with van der Waals surface area (Å²) in [5.41, 5.74) is 18.3. The van der Waals surface area contributed by atoms with Gasteiger partial charge < -0.3 is 22.1 Å². The highest BCUT2D eigenvalue weighted by atomic mass is 32.2. The highest BCUT2D eigenvalue weighted by Gasteiger charge is 2.12. The Hall–Kier alpha value is -2.48. The van der Waals surface area contributed by atoms with Gasteiger partial charge in [0.15, 0.2) is 5.16 Å². The summed E-state index contributed by atoms with van der Waals surface area (Å²) in [6.07, 6.45) is 0. The van der Waals surface area contributed by atoms with Crippen LogP contribution < -0.4 is 17.2 Å². The van der Waals surface area contributed by atoms with Gasteiger partial charge in [0.1, 0.15) is 11.6 Å². The molecule has 6 N–H and O–H groups in total. The number of benzene rings is 1. The minimum Gasteiger partial charge on any atom is -0.398 e. The lowest BCUT2D eigenvalue weighted by molar-refractivity contribution is 0.0827. The molecule has 1 aromatic heterocycles. The van der Waals surface area contributed by atoms with E-state index < -0.39 is 0 Å². The van der Waals surface area contributed by atoms with Crippen LogP contribution in [0.5, 0.6) is 0 Å². The molecule has 2 aromatic rings. The van der Waals surface area contributed by atoms with E-state index in [4.69, 9.17) is 17.2 Å². The lowest BCUT2D eigenvalue weighted by Gasteiger charge is -2.12. The summed E-state index contributed by atoms with van der Waals surface area (Å²) in [5, 5.41) is 0.383. The highest BCUT2D eigenvalue weighted by molar-refractivity contribution is 7.99. The summed E-state index contributed by atoms with van der Waals surface area (Å²) in [7, 11) is 3.38. The first kappa shape index (κ1) is 14.9. The molecule has 0 saturated heterocycles. The van der Waals surface area contributed by atoms with Crippen molar-refractivity contribution in [2.75, 3.05) is 31.3 Å². The Balaban J connectivity index is 2.35. The van der Waals surface area contributed by atoms with Crippen LogP contribution in [0.3, 0.4) is 0 Å². The van der Waals surface area contributed by atoms with Gasteiger partial charge in [0.25, 0.3) is 5.91 Å². The van der Waals surface area contributed by atoms with E-state index in [-0.39, 0.29) is 17.5 Å². The van der Waals surface area contributed by atoms with Crippen LogP contribution in [0.4, 0.5) is 17.3 Å². The highest BCUT2D eigenvalue weighted by Crippen LogP contribution is 2.31. The quantitative estimate of drug-likeness (QED) is 0.572. The second kappa shape index (κ2) is 5.88. The van der Waals surface area contributed by atoms with Crippen LogP contribution >= 0.6 is 11.8 Å². The molecule has 110 valence electrons. The zero-order valence-electron chi connectivity index (χ0n) is 11.7. The number of aromatic nitrogens is 2. The third-order valence-corrected chi connectivity index (χ3v) is 3.55. The van der Waals surface area contributed by atoms with Gasteiger partial charge in [0.05, 0.1) is 0 Å². The van der Waals surface area contributed by atoms with E-state index in [1.54, 1.807) is 32.3 Å². The van der Waals surface area contributed by atoms with Crippen molar-refractivity contribution in [3.05, 3.63) is 29.8 Å². The van der Waals surface area contributed by atoms with Crippen molar-refractivity contribution in [3.63, 3.8) is 0 Å². The minimum atomic E-state index is -0.107. The molecule has 1 amide bonds. The predicted molar refractivity (Wildman–Crippen MR) is 83.9 cm³/mol. The number of carbonyl (C=O) groups excluding carboxylic acids is 1. The number of hydrogen-bond acceptors (Lipinski definition) is 7. The molecule has 0 aliphatic carbocycles. The van der Waals surface area contributed by atoms with E-state index in [0.29, 0.717) is 21.3 Å². The van der Waals surface area contributed by atoms with Gasteiger partial charge in [0.2, 0.25) is 0 Å². The normalized spacial score (nSPS) is 10.4. The minimum absolute atomic E-state index is 0.107. The van der Waals surface area contributed by atoms with Crippen molar-refractivity contribution in [3.8, 4) is 0 Å². The molecule has 0 radical (unpaired) electrons. The molecule has 0 aliphatic heterocycles. The van der Waals surface area contributed by atoms with Gasteiger partial charge in [-0.05, 0) is 30.0 Å². The molecule has 0 unspecified atom stereocenters. The van der Waals surface area contributed by atoms with Gasteiger partial charge in [-0.2, -0.15) is 0 Å². The van der Waals surface area contributed by atoms with E-state index >= 15 is 0 Å². The molecule has 1 heterocycles. The number of amides is 1. The van der Waals surface area contributed by atoms with Crippen molar-refractivity contribution in [2.45, 2.75) is 10.1 Å². The molecule has 0 aliphatic rings. The molecule has 7 nitrogen and oxygen atoms in total. The van der Waals surface area contributed by atoms with Gasteiger partial charge in [-0.25, -0.2) is 9.97 Å². The monoisotopic (exact) mass is 304 g/mol. The fourth-order valence-corrected chi connectivity index (χ4v) is 2.49. The third kappa shape index (κ3) is 3.54. The molecule has 0 spiro atoms. The summed E-state index contributed by atoms with van der Waals surface area (Å²) in [5.74, 6) is 0.457. The molecule has 1 aromatic carbocycles. The molecular weight excluding hydrogens is 288 g/mol. The van der Waals surface area contributed by atoms with E-state index in [9.17, 15) is 4.79 Å². The van der Waals surface area contributed by atoms with Crippen LogP contribution in [0.25, 0.3) is 0 Å². The maximum Gasteiger partial charge on any atom is 0.253 e. The Morgan fingerprint density at radius 2 is 1.71 bits per heavy atom. The fourth-order valence-electron chi connectivity index (χ4n) is 1.62. The third-order valence-electron chi connectivity index (χ3n) is 2.61. The van der Waals surface area contributed by atoms with Gasteiger partial charge in [0, 0.05) is 36.3 Å². The number of nitrogen functional groups attached to an aromatic ring is 3. The zero-order chi connectivity index (χ0) is 15.6. The zero-order valence-corrected chi connectivity index (χ0v) is 12.5. The average Bonchev–Trinajstić information content (AvgIpc) is 2.39. The molecule has 21 heavy (non-hydrogen) atoms. The Morgan fingerprint density at radius 3 is 2.29 bits per heavy atom. The van der Waals surface area contributed by atoms with E-state index in [1.165, 1.54) is 22.7 Å². The van der Waals surface area contributed by atoms with Crippen LogP contribution in [0.15, 0.2) is 34.3 Å². The van der Waals surface area contributed by atoms with Crippen LogP contribution in [0.1, 0.15) is 10.4 Å². The SMILES string of the molecule is CN(C)C(=O)c1ccc(N)c(Sc2nc(N)cc(N)n2)c1. The second-order valence-electron chi connectivity index (χ2n) is 4.55. The smallest absolute Gasteiger partial charge is 0.253 e. The first-order chi connectivity index (χ1) is 9.86. The van der Waals surface area contributed by atoms with Crippen LogP contribution in [-0.4, -0.2) is 34.9 Å². The van der Waals surface area contributed by atoms with Crippen molar-refractivity contribution >= 4 is 35.0 Å². The number of anilines is 3. The lowest BCUT2D eigenvalue weighted by Crippen LogP contribution is -2.21. The summed E-state index contributed by atoms with van der Waals surface area (Å²) in [6, 6.07) is 6.52. The molecule has 0 atom stereocenters. The topological polar surface area (TPSA) is 124 Å². The number of nitrogens with two attached hydrogens (primary N) is 3. The summed E-state index contributed by atoms with van der Waals surface area (Å²) < 4.78 is 0.